The van der Waals surface area contributed by atoms with Gasteiger partial charge in [0.1, 0.15) is 5.82 Å². The highest BCUT2D eigenvalue weighted by Gasteiger charge is 2.12. The van der Waals surface area contributed by atoms with Crippen LogP contribution in [-0.2, 0) is 6.42 Å². The minimum atomic E-state index is -0.606. The van der Waals surface area contributed by atoms with Crippen molar-refractivity contribution in [3.8, 4) is 0 Å². The van der Waals surface area contributed by atoms with E-state index in [9.17, 15) is 9.18 Å². The smallest absolute Gasteiger partial charge is 0.258 e. The number of nitrogens with one attached hydrogen (secondary N) is 1. The van der Waals surface area contributed by atoms with Crippen molar-refractivity contribution in [3.05, 3.63) is 64.4 Å². The SMILES string of the molecule is O=C(Nc1ccc(CCCl)cc1)c1cc(Cl)ccc1F. The standard InChI is InChI=1S/C15H12Cl2FNO/c16-8-7-10-1-4-12(5-2-10)19-15(20)13-9-11(17)3-6-14(13)18/h1-6,9H,7-8H2,(H,19,20). The molecule has 0 spiro atoms. The lowest BCUT2D eigenvalue weighted by Gasteiger charge is -2.07. The molecule has 0 saturated carbocycles. The van der Waals surface area contributed by atoms with E-state index >= 15 is 0 Å². The van der Waals surface area contributed by atoms with E-state index in [0.29, 0.717) is 16.6 Å². The van der Waals surface area contributed by atoms with Gasteiger partial charge in [-0.05, 0) is 42.3 Å². The molecule has 0 saturated heterocycles. The van der Waals surface area contributed by atoms with E-state index in [1.54, 1.807) is 12.1 Å². The van der Waals surface area contributed by atoms with Crippen LogP contribution >= 0.6 is 23.2 Å². The quantitative estimate of drug-likeness (QED) is 0.827. The molecule has 0 unspecified atom stereocenters. The molecular weight excluding hydrogens is 300 g/mol. The summed E-state index contributed by atoms with van der Waals surface area (Å²) in [5.41, 5.74) is 1.59. The van der Waals surface area contributed by atoms with Crippen molar-refractivity contribution in [1.82, 2.24) is 0 Å². The largest absolute Gasteiger partial charge is 0.322 e. The van der Waals surface area contributed by atoms with Gasteiger partial charge < -0.3 is 5.32 Å². The van der Waals surface area contributed by atoms with Gasteiger partial charge in [0.15, 0.2) is 0 Å². The molecule has 0 aliphatic rings. The Morgan fingerprint density at radius 3 is 2.50 bits per heavy atom. The zero-order chi connectivity index (χ0) is 14.5. The van der Waals surface area contributed by atoms with Gasteiger partial charge in [0.2, 0.25) is 0 Å². The first-order valence-electron chi connectivity index (χ1n) is 6.01. The molecule has 2 nitrogen and oxygen atoms in total. The van der Waals surface area contributed by atoms with Gasteiger partial charge in [-0.2, -0.15) is 0 Å². The van der Waals surface area contributed by atoms with Crippen LogP contribution in [0, 0.1) is 5.82 Å². The van der Waals surface area contributed by atoms with Gasteiger partial charge in [0.05, 0.1) is 5.56 Å². The van der Waals surface area contributed by atoms with E-state index in [2.05, 4.69) is 5.32 Å². The lowest BCUT2D eigenvalue weighted by molar-refractivity contribution is 0.102. The molecule has 0 radical (unpaired) electrons. The number of rotatable bonds is 4. The minimum absolute atomic E-state index is 0.0812. The Bertz CT molecular complexity index is 614. The van der Waals surface area contributed by atoms with Gasteiger partial charge in [0, 0.05) is 16.6 Å². The van der Waals surface area contributed by atoms with Crippen LogP contribution < -0.4 is 5.32 Å². The maximum atomic E-state index is 13.6. The van der Waals surface area contributed by atoms with Crippen molar-refractivity contribution in [3.63, 3.8) is 0 Å². The second kappa shape index (κ2) is 6.73. The van der Waals surface area contributed by atoms with E-state index in [-0.39, 0.29) is 5.56 Å². The monoisotopic (exact) mass is 311 g/mol. The molecule has 2 aromatic rings. The third-order valence-electron chi connectivity index (χ3n) is 2.77. The number of benzene rings is 2. The van der Waals surface area contributed by atoms with Gasteiger partial charge in [-0.15, -0.1) is 11.6 Å². The molecule has 0 atom stereocenters. The summed E-state index contributed by atoms with van der Waals surface area (Å²) in [6.07, 6.45) is 0.763. The van der Waals surface area contributed by atoms with Crippen LogP contribution in [0.5, 0.6) is 0 Å². The van der Waals surface area contributed by atoms with Crippen molar-refractivity contribution < 1.29 is 9.18 Å². The van der Waals surface area contributed by atoms with E-state index in [1.807, 2.05) is 12.1 Å². The van der Waals surface area contributed by atoms with Gasteiger partial charge in [-0.1, -0.05) is 23.7 Å². The van der Waals surface area contributed by atoms with Gasteiger partial charge in [-0.3, -0.25) is 4.79 Å². The maximum Gasteiger partial charge on any atom is 0.258 e. The molecule has 2 rings (SSSR count). The van der Waals surface area contributed by atoms with Crippen LogP contribution in [0.1, 0.15) is 15.9 Å². The zero-order valence-corrected chi connectivity index (χ0v) is 12.0. The highest BCUT2D eigenvalue weighted by Crippen LogP contribution is 2.17. The summed E-state index contributed by atoms with van der Waals surface area (Å²) in [5, 5.41) is 2.94. The molecule has 0 heterocycles. The summed E-state index contributed by atoms with van der Waals surface area (Å²) < 4.78 is 13.6. The predicted octanol–water partition coefficient (Wildman–Crippen LogP) is 4.51. The Kier molecular flexibility index (Phi) is 4.99. The second-order valence-corrected chi connectivity index (χ2v) is 5.03. The van der Waals surface area contributed by atoms with Gasteiger partial charge in [0.25, 0.3) is 5.91 Å². The van der Waals surface area contributed by atoms with Crippen molar-refractivity contribution in [1.29, 1.82) is 0 Å². The van der Waals surface area contributed by atoms with Crippen molar-refractivity contribution in [2.24, 2.45) is 0 Å². The number of halogens is 3. The lowest BCUT2D eigenvalue weighted by atomic mass is 10.1. The fourth-order valence-corrected chi connectivity index (χ4v) is 2.12. The van der Waals surface area contributed by atoms with E-state index in [1.165, 1.54) is 18.2 Å². The average Bonchev–Trinajstić information content (AvgIpc) is 2.44. The van der Waals surface area contributed by atoms with Crippen molar-refractivity contribution in [2.45, 2.75) is 6.42 Å². The normalized spacial score (nSPS) is 10.3. The Morgan fingerprint density at radius 1 is 1.15 bits per heavy atom. The Balaban J connectivity index is 2.13. The topological polar surface area (TPSA) is 29.1 Å². The number of hydrogen-bond donors (Lipinski definition) is 1. The Morgan fingerprint density at radius 2 is 1.85 bits per heavy atom. The number of amides is 1. The number of hydrogen-bond acceptors (Lipinski definition) is 1. The summed E-state index contributed by atoms with van der Waals surface area (Å²) in [4.78, 5) is 12.0. The van der Waals surface area contributed by atoms with Gasteiger partial charge >= 0.3 is 0 Å². The number of aryl methyl sites for hydroxylation is 1. The predicted molar refractivity (Wildman–Crippen MR) is 80.2 cm³/mol. The highest BCUT2D eigenvalue weighted by molar-refractivity contribution is 6.31. The maximum absolute atomic E-state index is 13.6. The second-order valence-electron chi connectivity index (χ2n) is 4.21. The van der Waals surface area contributed by atoms with Crippen LogP contribution in [0.25, 0.3) is 0 Å². The van der Waals surface area contributed by atoms with Gasteiger partial charge in [-0.25, -0.2) is 4.39 Å². The molecule has 5 heteroatoms. The number of carbonyl (C=O) groups is 1. The molecule has 1 N–H and O–H groups in total. The molecule has 0 aromatic heterocycles. The molecule has 20 heavy (non-hydrogen) atoms. The van der Waals surface area contributed by atoms with E-state index < -0.39 is 11.7 Å². The summed E-state index contributed by atoms with van der Waals surface area (Å²) in [6, 6.07) is 11.1. The van der Waals surface area contributed by atoms with Crippen LogP contribution in [0.2, 0.25) is 5.02 Å². The Hall–Kier alpha value is -1.58. The van der Waals surface area contributed by atoms with Crippen LogP contribution in [0.4, 0.5) is 10.1 Å². The average molecular weight is 312 g/mol. The molecule has 0 fully saturated rings. The number of carbonyl (C=O) groups excluding carboxylic acids is 1. The first-order valence-corrected chi connectivity index (χ1v) is 6.92. The van der Waals surface area contributed by atoms with Crippen LogP contribution in [-0.4, -0.2) is 11.8 Å². The third kappa shape index (κ3) is 3.71. The summed E-state index contributed by atoms with van der Waals surface area (Å²) in [5.74, 6) is -0.597. The van der Waals surface area contributed by atoms with E-state index in [4.69, 9.17) is 23.2 Å². The van der Waals surface area contributed by atoms with Crippen molar-refractivity contribution >= 4 is 34.8 Å². The van der Waals surface area contributed by atoms with E-state index in [0.717, 1.165) is 12.0 Å². The zero-order valence-electron chi connectivity index (χ0n) is 10.5. The first kappa shape index (κ1) is 14.8. The molecule has 0 aliphatic heterocycles. The fraction of sp³-hybridized carbons (Fsp3) is 0.133. The molecule has 2 aromatic carbocycles. The highest BCUT2D eigenvalue weighted by atomic mass is 35.5. The molecule has 0 bridgehead atoms. The molecule has 0 aliphatic carbocycles. The summed E-state index contributed by atoms with van der Waals surface area (Å²) >= 11 is 11.4. The molecule has 104 valence electrons. The lowest BCUT2D eigenvalue weighted by Crippen LogP contribution is -2.13. The minimum Gasteiger partial charge on any atom is -0.322 e. The number of anilines is 1. The molecule has 1 amide bonds. The Labute approximate surface area is 126 Å². The third-order valence-corrected chi connectivity index (χ3v) is 3.19. The summed E-state index contributed by atoms with van der Waals surface area (Å²) in [7, 11) is 0. The first-order chi connectivity index (χ1) is 9.60. The number of alkyl halides is 1. The van der Waals surface area contributed by atoms with Crippen LogP contribution in [0.15, 0.2) is 42.5 Å². The fourth-order valence-electron chi connectivity index (χ4n) is 1.73. The van der Waals surface area contributed by atoms with Crippen molar-refractivity contribution in [2.75, 3.05) is 11.2 Å². The molecular formula is C15H12Cl2FNO. The van der Waals surface area contributed by atoms with Crippen LogP contribution in [0.3, 0.4) is 0 Å². The summed E-state index contributed by atoms with van der Waals surface area (Å²) in [6.45, 7) is 0.